The summed E-state index contributed by atoms with van der Waals surface area (Å²) in [5.41, 5.74) is -0.0771. The van der Waals surface area contributed by atoms with E-state index in [4.69, 9.17) is 23.2 Å². The van der Waals surface area contributed by atoms with E-state index in [1.165, 1.54) is 18.2 Å². The fourth-order valence-electron chi connectivity index (χ4n) is 2.37. The zero-order chi connectivity index (χ0) is 21.2. The van der Waals surface area contributed by atoms with Crippen molar-refractivity contribution in [2.24, 2.45) is 0 Å². The van der Waals surface area contributed by atoms with Crippen molar-refractivity contribution < 1.29 is 22.0 Å². The average Bonchev–Trinajstić information content (AvgIpc) is 2.66. The summed E-state index contributed by atoms with van der Waals surface area (Å²) in [6.45, 7) is 0. The van der Waals surface area contributed by atoms with Crippen LogP contribution in [0.1, 0.15) is 10.4 Å². The highest BCUT2D eigenvalue weighted by Gasteiger charge is 2.19. The van der Waals surface area contributed by atoms with Crippen LogP contribution in [0.2, 0.25) is 10.0 Å². The molecule has 0 saturated heterocycles. The molecule has 0 saturated carbocycles. The molecule has 0 aliphatic rings. The second-order valence-corrected chi connectivity index (χ2v) is 8.31. The Bertz CT molecular complexity index is 1200. The molecule has 0 fully saturated rings. The Labute approximate surface area is 175 Å². The van der Waals surface area contributed by atoms with E-state index in [0.29, 0.717) is 0 Å². The van der Waals surface area contributed by atoms with E-state index < -0.39 is 32.5 Å². The van der Waals surface area contributed by atoms with E-state index >= 15 is 0 Å². The van der Waals surface area contributed by atoms with Crippen molar-refractivity contribution in [1.29, 1.82) is 0 Å². The van der Waals surface area contributed by atoms with Crippen LogP contribution in [0.15, 0.2) is 65.6 Å². The number of hydrogen-bond donors (Lipinski definition) is 2. The molecule has 0 atom stereocenters. The van der Waals surface area contributed by atoms with Gasteiger partial charge in [0.2, 0.25) is 0 Å². The van der Waals surface area contributed by atoms with Gasteiger partial charge in [-0.3, -0.25) is 9.52 Å². The van der Waals surface area contributed by atoms with Gasteiger partial charge in [0.05, 0.1) is 31.9 Å². The quantitative estimate of drug-likeness (QED) is 0.544. The second kappa shape index (κ2) is 8.36. The van der Waals surface area contributed by atoms with Crippen LogP contribution < -0.4 is 10.0 Å². The fourth-order valence-corrected chi connectivity index (χ4v) is 3.84. The van der Waals surface area contributed by atoms with Gasteiger partial charge in [-0.25, -0.2) is 17.2 Å². The number of rotatable bonds is 5. The number of carbonyl (C=O) groups is 1. The molecule has 0 spiro atoms. The molecule has 0 bridgehead atoms. The molecule has 0 aromatic heterocycles. The van der Waals surface area contributed by atoms with Crippen molar-refractivity contribution in [3.63, 3.8) is 0 Å². The lowest BCUT2D eigenvalue weighted by molar-refractivity contribution is 0.102. The number of carbonyl (C=O) groups excluding carboxylic acids is 1. The van der Waals surface area contributed by atoms with Gasteiger partial charge in [-0.05, 0) is 48.5 Å². The van der Waals surface area contributed by atoms with Gasteiger partial charge in [0, 0.05) is 0 Å². The van der Waals surface area contributed by atoms with Crippen molar-refractivity contribution in [1.82, 2.24) is 0 Å². The number of nitrogens with one attached hydrogen (secondary N) is 2. The normalized spacial score (nSPS) is 11.2. The molecular weight excluding hydrogens is 445 g/mol. The Hall–Kier alpha value is -2.68. The van der Waals surface area contributed by atoms with Gasteiger partial charge < -0.3 is 5.32 Å². The Morgan fingerprint density at radius 3 is 2.24 bits per heavy atom. The Morgan fingerprint density at radius 1 is 0.862 bits per heavy atom. The molecule has 0 heterocycles. The minimum atomic E-state index is -4.17. The van der Waals surface area contributed by atoms with Crippen LogP contribution >= 0.6 is 23.2 Å². The van der Waals surface area contributed by atoms with Gasteiger partial charge in [0.25, 0.3) is 15.9 Å². The van der Waals surface area contributed by atoms with Crippen LogP contribution in [0, 0.1) is 11.6 Å². The highest BCUT2D eigenvalue weighted by atomic mass is 35.5. The zero-order valence-corrected chi connectivity index (χ0v) is 16.7. The first-order valence-corrected chi connectivity index (χ1v) is 10.2. The number of anilines is 2. The fraction of sp³-hybridized carbons (Fsp3) is 0. The highest BCUT2D eigenvalue weighted by molar-refractivity contribution is 7.92. The molecule has 2 N–H and O–H groups in total. The van der Waals surface area contributed by atoms with Gasteiger partial charge in [0.1, 0.15) is 11.6 Å². The number of sulfonamides is 1. The molecule has 29 heavy (non-hydrogen) atoms. The molecular formula is C19H12Cl2F2N2O3S. The smallest absolute Gasteiger partial charge is 0.261 e. The van der Waals surface area contributed by atoms with E-state index in [-0.39, 0.29) is 27.0 Å². The maximum atomic E-state index is 14.4. The van der Waals surface area contributed by atoms with Gasteiger partial charge in [-0.15, -0.1) is 0 Å². The predicted octanol–water partition coefficient (Wildman–Crippen LogP) is 5.32. The highest BCUT2D eigenvalue weighted by Crippen LogP contribution is 2.25. The largest absolute Gasteiger partial charge is 0.319 e. The van der Waals surface area contributed by atoms with Gasteiger partial charge >= 0.3 is 0 Å². The van der Waals surface area contributed by atoms with E-state index in [9.17, 15) is 22.0 Å². The SMILES string of the molecule is O=C(Nc1ccc(S(=O)(=O)Nc2ccc(F)c(Cl)c2)cc1F)c1ccccc1Cl. The van der Waals surface area contributed by atoms with Crippen molar-refractivity contribution in [3.05, 3.63) is 87.9 Å². The summed E-state index contributed by atoms with van der Waals surface area (Å²) in [6.07, 6.45) is 0. The third-order valence-electron chi connectivity index (χ3n) is 3.79. The first-order chi connectivity index (χ1) is 13.7. The third-order valence-corrected chi connectivity index (χ3v) is 5.79. The summed E-state index contributed by atoms with van der Waals surface area (Å²) in [4.78, 5) is 11.8. The lowest BCUT2D eigenvalue weighted by Crippen LogP contribution is -2.16. The molecule has 10 heteroatoms. The van der Waals surface area contributed by atoms with Crippen LogP contribution in [0.25, 0.3) is 0 Å². The molecule has 0 unspecified atom stereocenters. The van der Waals surface area contributed by atoms with Crippen molar-refractivity contribution in [2.45, 2.75) is 4.90 Å². The van der Waals surface area contributed by atoms with Crippen LogP contribution in [0.5, 0.6) is 0 Å². The van der Waals surface area contributed by atoms with E-state index in [1.54, 1.807) is 12.1 Å². The summed E-state index contributed by atoms with van der Waals surface area (Å²) >= 11 is 11.6. The Kier molecular flexibility index (Phi) is 6.07. The molecule has 0 radical (unpaired) electrons. The summed E-state index contributed by atoms with van der Waals surface area (Å²) in [6, 6.07) is 12.4. The van der Waals surface area contributed by atoms with E-state index in [1.807, 2.05) is 0 Å². The second-order valence-electron chi connectivity index (χ2n) is 5.81. The Morgan fingerprint density at radius 2 is 1.59 bits per heavy atom. The van der Waals surface area contributed by atoms with Crippen molar-refractivity contribution >= 4 is 50.5 Å². The average molecular weight is 457 g/mol. The molecule has 3 aromatic rings. The van der Waals surface area contributed by atoms with Crippen LogP contribution in [-0.4, -0.2) is 14.3 Å². The standard InChI is InChI=1S/C19H12Cl2F2N2O3S/c20-14-4-2-1-3-13(14)19(26)24-18-8-6-12(10-17(18)23)29(27,28)25-11-5-7-16(22)15(21)9-11/h1-10,25H,(H,24,26). The van der Waals surface area contributed by atoms with Crippen LogP contribution in [0.3, 0.4) is 0 Å². The van der Waals surface area contributed by atoms with Gasteiger partial charge in [-0.2, -0.15) is 0 Å². The molecule has 0 aliphatic carbocycles. The molecule has 3 aromatic carbocycles. The minimum absolute atomic E-state index is 0.00732. The summed E-state index contributed by atoms with van der Waals surface area (Å²) in [5, 5.41) is 2.25. The van der Waals surface area contributed by atoms with Gasteiger partial charge in [-0.1, -0.05) is 35.3 Å². The Balaban J connectivity index is 1.82. The number of amides is 1. The lowest BCUT2D eigenvalue weighted by Gasteiger charge is -2.11. The molecule has 1 amide bonds. The summed E-state index contributed by atoms with van der Waals surface area (Å²) in [5.74, 6) is -2.33. The van der Waals surface area contributed by atoms with Crippen molar-refractivity contribution in [3.8, 4) is 0 Å². The van der Waals surface area contributed by atoms with E-state index in [2.05, 4.69) is 10.0 Å². The summed E-state index contributed by atoms with van der Waals surface area (Å²) < 4.78 is 54.6. The third kappa shape index (κ3) is 4.84. The topological polar surface area (TPSA) is 75.3 Å². The molecule has 3 rings (SSSR count). The van der Waals surface area contributed by atoms with Gasteiger partial charge in [0.15, 0.2) is 0 Å². The number of halogens is 4. The van der Waals surface area contributed by atoms with Crippen LogP contribution in [0.4, 0.5) is 20.2 Å². The monoisotopic (exact) mass is 456 g/mol. The maximum absolute atomic E-state index is 14.4. The van der Waals surface area contributed by atoms with Crippen LogP contribution in [-0.2, 0) is 10.0 Å². The molecule has 150 valence electrons. The predicted molar refractivity (Wildman–Crippen MR) is 108 cm³/mol. The van der Waals surface area contributed by atoms with E-state index in [0.717, 1.165) is 30.3 Å². The number of benzene rings is 3. The lowest BCUT2D eigenvalue weighted by atomic mass is 10.2. The molecule has 5 nitrogen and oxygen atoms in total. The summed E-state index contributed by atoms with van der Waals surface area (Å²) in [7, 11) is -4.17. The first-order valence-electron chi connectivity index (χ1n) is 8.01. The molecule has 0 aliphatic heterocycles. The maximum Gasteiger partial charge on any atom is 0.261 e. The van der Waals surface area contributed by atoms with Crippen molar-refractivity contribution in [2.75, 3.05) is 10.0 Å². The minimum Gasteiger partial charge on any atom is -0.319 e. The number of hydrogen-bond acceptors (Lipinski definition) is 3. The first kappa shape index (κ1) is 21.0. The zero-order valence-electron chi connectivity index (χ0n) is 14.4.